The molecule has 0 aliphatic heterocycles. The Bertz CT molecular complexity index is 291. The molecule has 0 fully saturated rings. The predicted octanol–water partition coefficient (Wildman–Crippen LogP) is 1.71. The van der Waals surface area contributed by atoms with Crippen LogP contribution in [-0.2, 0) is 5.60 Å². The van der Waals surface area contributed by atoms with Gasteiger partial charge in [-0.15, -0.1) is 0 Å². The second-order valence-electron chi connectivity index (χ2n) is 3.28. The molecule has 0 saturated heterocycles. The maximum atomic E-state index is 11.0. The van der Waals surface area contributed by atoms with Gasteiger partial charge in [-0.2, -0.15) is 0 Å². The minimum atomic E-state index is -1.02. The first kappa shape index (κ1) is 9.00. The van der Waals surface area contributed by atoms with Gasteiger partial charge in [0.25, 0.3) is 0 Å². The minimum Gasteiger partial charge on any atom is -0.461 e. The third-order valence-corrected chi connectivity index (χ3v) is 1.64. The smallest absolute Gasteiger partial charge is 0.195 e. The van der Waals surface area contributed by atoms with Crippen LogP contribution in [0, 0.1) is 0 Å². The van der Waals surface area contributed by atoms with Crippen molar-refractivity contribution in [3.63, 3.8) is 0 Å². The third-order valence-electron chi connectivity index (χ3n) is 1.64. The number of hydrogen-bond acceptors (Lipinski definition) is 3. The van der Waals surface area contributed by atoms with Crippen LogP contribution in [0.2, 0.25) is 0 Å². The lowest BCUT2D eigenvalue weighted by Crippen LogP contribution is -2.17. The Labute approximate surface area is 71.0 Å². The number of ketones is 1. The summed E-state index contributed by atoms with van der Waals surface area (Å²) >= 11 is 0. The zero-order valence-electron chi connectivity index (χ0n) is 7.42. The van der Waals surface area contributed by atoms with Gasteiger partial charge in [-0.25, -0.2) is 0 Å². The maximum Gasteiger partial charge on any atom is 0.195 e. The van der Waals surface area contributed by atoms with E-state index in [-0.39, 0.29) is 11.5 Å². The molecule has 0 unspecified atom stereocenters. The maximum absolute atomic E-state index is 11.0. The monoisotopic (exact) mass is 168 g/mol. The van der Waals surface area contributed by atoms with Gasteiger partial charge in [0, 0.05) is 12.5 Å². The fraction of sp³-hybridized carbons (Fsp3) is 0.444. The Kier molecular flexibility index (Phi) is 2.06. The number of carbonyl (C=O) groups excluding carboxylic acids is 1. The molecule has 0 radical (unpaired) electrons. The van der Waals surface area contributed by atoms with Crippen LogP contribution in [0.5, 0.6) is 0 Å². The van der Waals surface area contributed by atoms with Crippen LogP contribution < -0.4 is 0 Å². The number of furan rings is 1. The van der Waals surface area contributed by atoms with Crippen LogP contribution in [0.1, 0.15) is 36.9 Å². The molecule has 12 heavy (non-hydrogen) atoms. The first-order chi connectivity index (χ1) is 5.43. The van der Waals surface area contributed by atoms with Crippen molar-refractivity contribution in [2.24, 2.45) is 0 Å². The highest BCUT2D eigenvalue weighted by atomic mass is 16.3. The largest absolute Gasteiger partial charge is 0.461 e. The van der Waals surface area contributed by atoms with Crippen molar-refractivity contribution in [2.45, 2.75) is 26.4 Å². The molecule has 0 spiro atoms. The molecule has 1 N–H and O–H groups in total. The molecule has 0 saturated carbocycles. The minimum absolute atomic E-state index is 0.169. The van der Waals surface area contributed by atoms with E-state index in [9.17, 15) is 9.90 Å². The molecule has 0 aromatic carbocycles. The zero-order valence-corrected chi connectivity index (χ0v) is 7.42. The summed E-state index contributed by atoms with van der Waals surface area (Å²) < 4.78 is 4.94. The van der Waals surface area contributed by atoms with Crippen molar-refractivity contribution >= 4 is 5.78 Å². The predicted molar refractivity (Wildman–Crippen MR) is 44.0 cm³/mol. The average molecular weight is 168 g/mol. The standard InChI is InChI=1S/C9H12O3/c1-6(10)8-7(4-5-12-8)9(2,3)11/h4-5,11H,1-3H3. The zero-order chi connectivity index (χ0) is 9.35. The van der Waals surface area contributed by atoms with Gasteiger partial charge in [-0.1, -0.05) is 0 Å². The molecule has 66 valence electrons. The lowest BCUT2D eigenvalue weighted by molar-refractivity contribution is 0.0739. The van der Waals surface area contributed by atoms with Gasteiger partial charge in [-0.3, -0.25) is 4.79 Å². The Morgan fingerprint density at radius 3 is 2.50 bits per heavy atom. The highest BCUT2D eigenvalue weighted by Crippen LogP contribution is 2.24. The quantitative estimate of drug-likeness (QED) is 0.684. The molecule has 0 aliphatic carbocycles. The van der Waals surface area contributed by atoms with E-state index in [1.165, 1.54) is 13.2 Å². The van der Waals surface area contributed by atoms with E-state index in [4.69, 9.17) is 4.42 Å². The van der Waals surface area contributed by atoms with Crippen LogP contribution in [0.3, 0.4) is 0 Å². The summed E-state index contributed by atoms with van der Waals surface area (Å²) in [5, 5.41) is 9.60. The fourth-order valence-corrected chi connectivity index (χ4v) is 1.06. The van der Waals surface area contributed by atoms with Crippen LogP contribution in [-0.4, -0.2) is 10.9 Å². The van der Waals surface area contributed by atoms with Crippen molar-refractivity contribution in [1.29, 1.82) is 0 Å². The number of carbonyl (C=O) groups is 1. The van der Waals surface area contributed by atoms with Gasteiger partial charge < -0.3 is 9.52 Å². The highest BCUT2D eigenvalue weighted by Gasteiger charge is 2.24. The molecule has 0 aliphatic rings. The molecular formula is C9H12O3. The van der Waals surface area contributed by atoms with Crippen LogP contribution in [0.15, 0.2) is 16.7 Å². The molecule has 1 aromatic heterocycles. The Hall–Kier alpha value is -1.09. The molecule has 0 atom stereocenters. The Balaban J connectivity index is 3.17. The highest BCUT2D eigenvalue weighted by molar-refractivity contribution is 5.92. The first-order valence-corrected chi connectivity index (χ1v) is 3.74. The topological polar surface area (TPSA) is 50.4 Å². The summed E-state index contributed by atoms with van der Waals surface area (Å²) in [6, 6.07) is 1.61. The van der Waals surface area contributed by atoms with E-state index < -0.39 is 5.60 Å². The van der Waals surface area contributed by atoms with E-state index in [1.54, 1.807) is 19.9 Å². The summed E-state index contributed by atoms with van der Waals surface area (Å²) in [7, 11) is 0. The third kappa shape index (κ3) is 1.56. The van der Waals surface area contributed by atoms with Gasteiger partial charge in [0.2, 0.25) is 0 Å². The van der Waals surface area contributed by atoms with Crippen molar-refractivity contribution in [1.82, 2.24) is 0 Å². The van der Waals surface area contributed by atoms with Gasteiger partial charge in [0.1, 0.15) is 0 Å². The van der Waals surface area contributed by atoms with Gasteiger partial charge in [0.15, 0.2) is 11.5 Å². The van der Waals surface area contributed by atoms with Gasteiger partial charge in [-0.05, 0) is 19.9 Å². The molecule has 1 heterocycles. The van der Waals surface area contributed by atoms with Crippen molar-refractivity contribution in [3.05, 3.63) is 23.7 Å². The van der Waals surface area contributed by atoms with Crippen LogP contribution >= 0.6 is 0 Å². The SMILES string of the molecule is CC(=O)c1occc1C(C)(C)O. The lowest BCUT2D eigenvalue weighted by Gasteiger charge is -2.15. The van der Waals surface area contributed by atoms with Crippen LogP contribution in [0.25, 0.3) is 0 Å². The molecule has 0 amide bonds. The van der Waals surface area contributed by atoms with Crippen molar-refractivity contribution in [3.8, 4) is 0 Å². The van der Waals surface area contributed by atoms with E-state index in [0.717, 1.165) is 0 Å². The number of rotatable bonds is 2. The summed E-state index contributed by atoms with van der Waals surface area (Å²) in [5.74, 6) is 0.0691. The molecule has 1 rings (SSSR count). The molecular weight excluding hydrogens is 156 g/mol. The van der Waals surface area contributed by atoms with E-state index in [2.05, 4.69) is 0 Å². The molecule has 0 bridgehead atoms. The number of Topliss-reactive ketones (excluding diaryl/α,β-unsaturated/α-hetero) is 1. The second-order valence-corrected chi connectivity index (χ2v) is 3.28. The summed E-state index contributed by atoms with van der Waals surface area (Å²) in [6.07, 6.45) is 1.41. The lowest BCUT2D eigenvalue weighted by atomic mass is 9.98. The first-order valence-electron chi connectivity index (χ1n) is 3.74. The van der Waals surface area contributed by atoms with E-state index in [1.807, 2.05) is 0 Å². The fourth-order valence-electron chi connectivity index (χ4n) is 1.06. The average Bonchev–Trinajstić information content (AvgIpc) is 2.30. The molecule has 3 nitrogen and oxygen atoms in total. The Morgan fingerprint density at radius 2 is 2.17 bits per heavy atom. The molecule has 1 aromatic rings. The number of hydrogen-bond donors (Lipinski definition) is 1. The van der Waals surface area contributed by atoms with E-state index in [0.29, 0.717) is 5.56 Å². The van der Waals surface area contributed by atoms with Crippen molar-refractivity contribution < 1.29 is 14.3 Å². The van der Waals surface area contributed by atoms with E-state index >= 15 is 0 Å². The second kappa shape index (κ2) is 2.75. The summed E-state index contributed by atoms with van der Waals surface area (Å²) in [4.78, 5) is 11.0. The van der Waals surface area contributed by atoms with Crippen LogP contribution in [0.4, 0.5) is 0 Å². The number of aliphatic hydroxyl groups is 1. The molecule has 3 heteroatoms. The van der Waals surface area contributed by atoms with Gasteiger partial charge >= 0.3 is 0 Å². The Morgan fingerprint density at radius 1 is 1.58 bits per heavy atom. The van der Waals surface area contributed by atoms with Gasteiger partial charge in [0.05, 0.1) is 11.9 Å². The normalized spacial score (nSPS) is 11.7. The summed E-state index contributed by atoms with van der Waals surface area (Å²) in [5.41, 5.74) is -0.483. The van der Waals surface area contributed by atoms with Crippen molar-refractivity contribution in [2.75, 3.05) is 0 Å². The summed E-state index contributed by atoms with van der Waals surface area (Å²) in [6.45, 7) is 4.64.